The molecule has 1 fully saturated rings. The molecule has 0 amide bonds. The lowest BCUT2D eigenvalue weighted by Gasteiger charge is -2.50. The van der Waals surface area contributed by atoms with Gasteiger partial charge in [0.25, 0.3) is 0 Å². The van der Waals surface area contributed by atoms with Crippen LogP contribution in [0.25, 0.3) is 0 Å². The SMILES string of the molecule is CCCC(O)C1(C(C)(C)C(=O)O)C=CC(N2CCCCC2C(O)(c2ccccc2)c2ccccc2)=CC1.Cl.O. The first-order chi connectivity index (χ1) is 17.7. The van der Waals surface area contributed by atoms with Crippen LogP contribution in [0, 0.1) is 10.8 Å². The predicted molar refractivity (Wildman–Crippen MR) is 158 cm³/mol. The van der Waals surface area contributed by atoms with Gasteiger partial charge in [-0.15, -0.1) is 12.4 Å². The van der Waals surface area contributed by atoms with Crippen molar-refractivity contribution in [2.75, 3.05) is 6.54 Å². The maximum Gasteiger partial charge on any atom is 0.310 e. The van der Waals surface area contributed by atoms with Crippen molar-refractivity contribution < 1.29 is 25.6 Å². The molecule has 1 saturated heterocycles. The number of hydrogen-bond acceptors (Lipinski definition) is 4. The van der Waals surface area contributed by atoms with Gasteiger partial charge < -0.3 is 25.7 Å². The van der Waals surface area contributed by atoms with Crippen LogP contribution in [0.4, 0.5) is 0 Å². The summed E-state index contributed by atoms with van der Waals surface area (Å²) in [7, 11) is 0. The van der Waals surface area contributed by atoms with Crippen molar-refractivity contribution in [2.24, 2.45) is 10.8 Å². The standard InChI is InChI=1S/C32H41NO4.ClH.H2O/c1-4-13-28(34)31(30(2,3)29(35)36)21-19-26(20-22-31)33-23-12-11-18-27(33)32(37,24-14-7-5-8-15-24)25-16-9-6-10-17-25;;/h5-10,14-17,19-21,27-28,34,37H,4,11-13,18,22-23H2,1-3H3,(H,35,36);1H;1H2. The lowest BCUT2D eigenvalue weighted by atomic mass is 9.58. The van der Waals surface area contributed by atoms with E-state index in [1.807, 2.05) is 79.7 Å². The van der Waals surface area contributed by atoms with Gasteiger partial charge in [-0.05, 0) is 63.2 Å². The Morgan fingerprint density at radius 1 is 1.05 bits per heavy atom. The number of nitrogens with zero attached hydrogens (tertiary/aromatic N) is 1. The van der Waals surface area contributed by atoms with E-state index < -0.39 is 28.5 Å². The van der Waals surface area contributed by atoms with Gasteiger partial charge in [0.05, 0.1) is 17.6 Å². The van der Waals surface area contributed by atoms with Crippen LogP contribution in [0.15, 0.2) is 84.6 Å². The molecule has 0 radical (unpaired) electrons. The monoisotopic (exact) mass is 557 g/mol. The number of aliphatic hydroxyl groups is 2. The Morgan fingerprint density at radius 3 is 2.08 bits per heavy atom. The number of likely N-dealkylation sites (tertiary alicyclic amines) is 1. The maximum atomic E-state index is 12.5. The maximum absolute atomic E-state index is 12.5. The van der Waals surface area contributed by atoms with Crippen molar-refractivity contribution in [3.05, 3.63) is 95.7 Å². The van der Waals surface area contributed by atoms with E-state index >= 15 is 0 Å². The van der Waals surface area contributed by atoms with Crippen LogP contribution < -0.4 is 0 Å². The molecule has 5 N–H and O–H groups in total. The Balaban J connectivity index is 0.00000267. The summed E-state index contributed by atoms with van der Waals surface area (Å²) in [5.41, 5.74) is -0.560. The van der Waals surface area contributed by atoms with E-state index in [4.69, 9.17) is 0 Å². The van der Waals surface area contributed by atoms with Crippen LogP contribution in [0.3, 0.4) is 0 Å². The zero-order chi connectivity index (χ0) is 26.7. The molecule has 2 aliphatic rings. The molecule has 0 aromatic heterocycles. The van der Waals surface area contributed by atoms with Gasteiger partial charge in [-0.1, -0.05) is 86.2 Å². The molecule has 3 atom stereocenters. The number of allylic oxidation sites excluding steroid dienone is 2. The summed E-state index contributed by atoms with van der Waals surface area (Å²) in [5, 5.41) is 33.8. The molecule has 39 heavy (non-hydrogen) atoms. The van der Waals surface area contributed by atoms with Crippen molar-refractivity contribution in [2.45, 2.75) is 77.0 Å². The molecule has 6 nitrogen and oxygen atoms in total. The third kappa shape index (κ3) is 5.80. The second-order valence-corrected chi connectivity index (χ2v) is 11.1. The quantitative estimate of drug-likeness (QED) is 0.378. The summed E-state index contributed by atoms with van der Waals surface area (Å²) in [5.74, 6) is -0.914. The van der Waals surface area contributed by atoms with E-state index in [0.29, 0.717) is 12.8 Å². The van der Waals surface area contributed by atoms with E-state index in [1.165, 1.54) is 0 Å². The Morgan fingerprint density at radius 2 is 1.62 bits per heavy atom. The third-order valence-corrected chi connectivity index (χ3v) is 8.80. The number of halogens is 1. The van der Waals surface area contributed by atoms with Crippen molar-refractivity contribution in [3.63, 3.8) is 0 Å². The summed E-state index contributed by atoms with van der Waals surface area (Å²) in [6.07, 6.45) is 9.86. The fraction of sp³-hybridized carbons (Fsp3) is 0.469. The van der Waals surface area contributed by atoms with E-state index in [-0.39, 0.29) is 23.9 Å². The van der Waals surface area contributed by atoms with Crippen LogP contribution >= 0.6 is 12.4 Å². The first-order valence-corrected chi connectivity index (χ1v) is 13.6. The highest BCUT2D eigenvalue weighted by molar-refractivity contribution is 5.85. The number of carbonyl (C=O) groups is 1. The second kappa shape index (κ2) is 13.1. The number of aliphatic carboxylic acids is 1. The normalized spacial score (nSPS) is 22.2. The minimum absolute atomic E-state index is 0. The number of carboxylic acids is 1. The van der Waals surface area contributed by atoms with Crippen LogP contribution in [0.1, 0.15) is 70.4 Å². The molecule has 4 rings (SSSR count). The lowest BCUT2D eigenvalue weighted by Crippen LogP contribution is -2.54. The van der Waals surface area contributed by atoms with Crippen LogP contribution in [-0.2, 0) is 10.4 Å². The third-order valence-electron chi connectivity index (χ3n) is 8.80. The van der Waals surface area contributed by atoms with Crippen molar-refractivity contribution in [1.29, 1.82) is 0 Å². The van der Waals surface area contributed by atoms with Gasteiger partial charge in [0.2, 0.25) is 0 Å². The molecule has 1 aliphatic carbocycles. The number of aliphatic hydroxyl groups excluding tert-OH is 1. The van der Waals surface area contributed by atoms with Crippen LogP contribution in [0.5, 0.6) is 0 Å². The summed E-state index contributed by atoms with van der Waals surface area (Å²) >= 11 is 0. The van der Waals surface area contributed by atoms with Gasteiger partial charge in [-0.2, -0.15) is 0 Å². The summed E-state index contributed by atoms with van der Waals surface area (Å²) in [4.78, 5) is 14.6. The van der Waals surface area contributed by atoms with Gasteiger partial charge >= 0.3 is 5.97 Å². The fourth-order valence-electron chi connectivity index (χ4n) is 6.32. The summed E-state index contributed by atoms with van der Waals surface area (Å²) in [6.45, 7) is 6.23. The van der Waals surface area contributed by atoms with E-state index in [1.54, 1.807) is 13.8 Å². The molecular weight excluding hydrogens is 514 g/mol. The molecule has 7 heteroatoms. The summed E-state index contributed by atoms with van der Waals surface area (Å²) < 4.78 is 0. The second-order valence-electron chi connectivity index (χ2n) is 11.1. The smallest absolute Gasteiger partial charge is 0.310 e. The Kier molecular flexibility index (Phi) is 11.0. The average molecular weight is 558 g/mol. The van der Waals surface area contributed by atoms with Crippen LogP contribution in [-0.4, -0.2) is 50.4 Å². The average Bonchev–Trinajstić information content (AvgIpc) is 2.93. The van der Waals surface area contributed by atoms with Crippen LogP contribution in [0.2, 0.25) is 0 Å². The Hall–Kier alpha value is -2.64. The number of piperidine rings is 1. The molecule has 2 aromatic rings. The Bertz CT molecular complexity index is 1090. The molecule has 0 spiro atoms. The van der Waals surface area contributed by atoms with Crippen molar-refractivity contribution in [1.82, 2.24) is 4.90 Å². The minimum Gasteiger partial charge on any atom is -0.481 e. The minimum atomic E-state index is -1.21. The van der Waals surface area contributed by atoms with Gasteiger partial charge in [0.1, 0.15) is 5.60 Å². The molecule has 3 unspecified atom stereocenters. The van der Waals surface area contributed by atoms with Gasteiger partial charge in [0, 0.05) is 17.7 Å². The Labute approximate surface area is 238 Å². The highest BCUT2D eigenvalue weighted by Gasteiger charge is 2.53. The number of rotatable bonds is 9. The molecule has 1 aliphatic heterocycles. The van der Waals surface area contributed by atoms with Gasteiger partial charge in [-0.3, -0.25) is 4.79 Å². The molecule has 0 saturated carbocycles. The number of hydrogen-bond donors (Lipinski definition) is 3. The largest absolute Gasteiger partial charge is 0.481 e. The molecule has 214 valence electrons. The first kappa shape index (κ1) is 32.6. The molecular formula is C32H44ClNO5. The molecule has 1 heterocycles. The molecule has 2 aromatic carbocycles. The zero-order valence-corrected chi connectivity index (χ0v) is 24.0. The first-order valence-electron chi connectivity index (χ1n) is 13.6. The van der Waals surface area contributed by atoms with E-state index in [9.17, 15) is 20.1 Å². The van der Waals surface area contributed by atoms with Crippen molar-refractivity contribution in [3.8, 4) is 0 Å². The zero-order valence-electron chi connectivity index (χ0n) is 23.2. The van der Waals surface area contributed by atoms with Gasteiger partial charge in [0.15, 0.2) is 0 Å². The van der Waals surface area contributed by atoms with Crippen molar-refractivity contribution >= 4 is 18.4 Å². The number of carboxylic acid groups (broad SMARTS) is 1. The van der Waals surface area contributed by atoms with Gasteiger partial charge in [-0.25, -0.2) is 0 Å². The van der Waals surface area contributed by atoms with E-state index in [2.05, 4.69) is 11.0 Å². The summed E-state index contributed by atoms with van der Waals surface area (Å²) in [6, 6.07) is 19.6. The lowest BCUT2D eigenvalue weighted by molar-refractivity contribution is -0.159. The highest BCUT2D eigenvalue weighted by atomic mass is 35.5. The topological polar surface area (TPSA) is 112 Å². The highest BCUT2D eigenvalue weighted by Crippen LogP contribution is 2.51. The molecule has 0 bridgehead atoms. The predicted octanol–water partition coefficient (Wildman–Crippen LogP) is 5.48. The fourth-order valence-corrected chi connectivity index (χ4v) is 6.32. The number of benzene rings is 2. The van der Waals surface area contributed by atoms with E-state index in [0.717, 1.165) is 49.1 Å².